The van der Waals surface area contributed by atoms with Crippen LogP contribution < -0.4 is 5.32 Å². The van der Waals surface area contributed by atoms with Crippen molar-refractivity contribution in [3.63, 3.8) is 0 Å². The number of nitrogens with one attached hydrogen (secondary N) is 1. The van der Waals surface area contributed by atoms with Crippen molar-refractivity contribution >= 4 is 16.7 Å². The molecule has 2 rings (SSSR count). The molecule has 0 saturated carbocycles. The van der Waals surface area contributed by atoms with Gasteiger partial charge in [0.1, 0.15) is 12.1 Å². The largest absolute Gasteiger partial charge is 0.365 e. The minimum absolute atomic E-state index is 0.0614. The van der Waals surface area contributed by atoms with Crippen LogP contribution in [-0.4, -0.2) is 15.5 Å². The van der Waals surface area contributed by atoms with Crippen molar-refractivity contribution in [2.45, 2.75) is 39.2 Å². The zero-order chi connectivity index (χ0) is 12.3. The van der Waals surface area contributed by atoms with Crippen LogP contribution in [0.15, 0.2) is 30.6 Å². The van der Waals surface area contributed by atoms with E-state index in [1.54, 1.807) is 6.33 Å². The van der Waals surface area contributed by atoms with E-state index in [4.69, 9.17) is 0 Å². The van der Waals surface area contributed by atoms with Gasteiger partial charge in [-0.2, -0.15) is 0 Å². The highest BCUT2D eigenvalue weighted by Gasteiger charge is 2.17. The quantitative estimate of drug-likeness (QED) is 0.870. The average Bonchev–Trinajstić information content (AvgIpc) is 2.29. The molecule has 0 bridgehead atoms. The second kappa shape index (κ2) is 4.70. The summed E-state index contributed by atoms with van der Waals surface area (Å²) in [6.07, 6.45) is 3.89. The fraction of sp³-hybridized carbons (Fsp3) is 0.429. The zero-order valence-electron chi connectivity index (χ0n) is 10.7. The molecular weight excluding hydrogens is 210 g/mol. The van der Waals surface area contributed by atoms with Gasteiger partial charge in [-0.3, -0.25) is 0 Å². The first-order chi connectivity index (χ1) is 8.12. The van der Waals surface area contributed by atoms with Crippen molar-refractivity contribution in [2.24, 2.45) is 0 Å². The highest BCUT2D eigenvalue weighted by Crippen LogP contribution is 2.23. The fourth-order valence-corrected chi connectivity index (χ4v) is 2.11. The molecule has 3 nitrogen and oxygen atoms in total. The molecule has 0 aliphatic heterocycles. The number of nitrogens with zero attached hydrogens (tertiary/aromatic N) is 2. The van der Waals surface area contributed by atoms with Gasteiger partial charge in [0.05, 0.1) is 5.52 Å². The van der Waals surface area contributed by atoms with Gasteiger partial charge >= 0.3 is 0 Å². The lowest BCUT2D eigenvalue weighted by atomic mass is 9.99. The zero-order valence-corrected chi connectivity index (χ0v) is 10.7. The Balaban J connectivity index is 2.36. The Morgan fingerprint density at radius 3 is 2.71 bits per heavy atom. The fourth-order valence-electron chi connectivity index (χ4n) is 2.11. The smallest absolute Gasteiger partial charge is 0.137 e. The summed E-state index contributed by atoms with van der Waals surface area (Å²) >= 11 is 0. The molecule has 90 valence electrons. The van der Waals surface area contributed by atoms with Gasteiger partial charge in [-0.25, -0.2) is 9.97 Å². The third-order valence-electron chi connectivity index (χ3n) is 2.87. The number of hydrogen-bond donors (Lipinski definition) is 1. The summed E-state index contributed by atoms with van der Waals surface area (Å²) in [5.74, 6) is 0.925. The van der Waals surface area contributed by atoms with Gasteiger partial charge in [0.2, 0.25) is 0 Å². The van der Waals surface area contributed by atoms with E-state index in [1.807, 2.05) is 18.2 Å². The Kier molecular flexibility index (Phi) is 3.27. The summed E-state index contributed by atoms with van der Waals surface area (Å²) < 4.78 is 0. The standard InChI is InChI=1S/C14H19N3/c1-4-9-14(2,3)17-13-11-7-5-6-8-12(11)15-10-16-13/h5-8,10H,4,9H2,1-3H3,(H,15,16,17). The summed E-state index contributed by atoms with van der Waals surface area (Å²) in [5, 5.41) is 4.59. The van der Waals surface area contributed by atoms with Crippen molar-refractivity contribution in [1.82, 2.24) is 9.97 Å². The molecule has 0 saturated heterocycles. The Hall–Kier alpha value is -1.64. The molecule has 1 heterocycles. The second-order valence-corrected chi connectivity index (χ2v) is 5.00. The molecule has 0 aliphatic carbocycles. The van der Waals surface area contributed by atoms with Gasteiger partial charge < -0.3 is 5.32 Å². The molecule has 0 amide bonds. The highest BCUT2D eigenvalue weighted by molar-refractivity contribution is 5.88. The summed E-state index contributed by atoms with van der Waals surface area (Å²) in [7, 11) is 0. The molecule has 1 N–H and O–H groups in total. The number of fused-ring (bicyclic) bond motifs is 1. The first-order valence-corrected chi connectivity index (χ1v) is 6.10. The maximum Gasteiger partial charge on any atom is 0.137 e. The van der Waals surface area contributed by atoms with Gasteiger partial charge in [0.25, 0.3) is 0 Å². The van der Waals surface area contributed by atoms with Crippen molar-refractivity contribution in [3.05, 3.63) is 30.6 Å². The Bertz CT molecular complexity index is 500. The van der Waals surface area contributed by atoms with E-state index >= 15 is 0 Å². The molecule has 2 aromatic rings. The maximum atomic E-state index is 4.35. The lowest BCUT2D eigenvalue weighted by molar-refractivity contribution is 0.509. The topological polar surface area (TPSA) is 37.8 Å². The monoisotopic (exact) mass is 229 g/mol. The van der Waals surface area contributed by atoms with Crippen LogP contribution in [0.25, 0.3) is 10.9 Å². The van der Waals surface area contributed by atoms with Crippen LogP contribution in [0.3, 0.4) is 0 Å². The number of aromatic nitrogens is 2. The number of benzene rings is 1. The molecule has 17 heavy (non-hydrogen) atoms. The Morgan fingerprint density at radius 2 is 1.94 bits per heavy atom. The molecule has 1 aromatic carbocycles. The molecular formula is C14H19N3. The van der Waals surface area contributed by atoms with Crippen LogP contribution in [0.5, 0.6) is 0 Å². The predicted octanol–water partition coefficient (Wildman–Crippen LogP) is 3.62. The summed E-state index contributed by atoms with van der Waals surface area (Å²) in [4.78, 5) is 8.62. The van der Waals surface area contributed by atoms with Crippen LogP contribution in [0.2, 0.25) is 0 Å². The van der Waals surface area contributed by atoms with Crippen LogP contribution >= 0.6 is 0 Å². The second-order valence-electron chi connectivity index (χ2n) is 5.00. The molecule has 0 atom stereocenters. The lowest BCUT2D eigenvalue weighted by Crippen LogP contribution is -2.31. The Labute approximate surface area is 102 Å². The van der Waals surface area contributed by atoms with E-state index in [0.29, 0.717) is 0 Å². The molecule has 0 spiro atoms. The SMILES string of the molecule is CCCC(C)(C)Nc1ncnc2ccccc12. The van der Waals surface area contributed by atoms with Crippen molar-refractivity contribution in [3.8, 4) is 0 Å². The normalized spacial score (nSPS) is 11.7. The van der Waals surface area contributed by atoms with Crippen LogP contribution in [0.4, 0.5) is 5.82 Å². The molecule has 0 radical (unpaired) electrons. The average molecular weight is 229 g/mol. The minimum Gasteiger partial charge on any atom is -0.365 e. The third kappa shape index (κ3) is 2.73. The van der Waals surface area contributed by atoms with Gasteiger partial charge in [-0.15, -0.1) is 0 Å². The van der Waals surface area contributed by atoms with Gasteiger partial charge in [-0.1, -0.05) is 25.5 Å². The van der Waals surface area contributed by atoms with Gasteiger partial charge in [-0.05, 0) is 32.4 Å². The van der Waals surface area contributed by atoms with Crippen LogP contribution in [0, 0.1) is 0 Å². The molecule has 0 aliphatic rings. The third-order valence-corrected chi connectivity index (χ3v) is 2.87. The van der Waals surface area contributed by atoms with Crippen LogP contribution in [0.1, 0.15) is 33.6 Å². The van der Waals surface area contributed by atoms with E-state index in [1.165, 1.54) is 0 Å². The first-order valence-electron chi connectivity index (χ1n) is 6.10. The summed E-state index contributed by atoms with van der Waals surface area (Å²) in [6, 6.07) is 8.08. The number of rotatable bonds is 4. The van der Waals surface area contributed by atoms with Crippen molar-refractivity contribution in [1.29, 1.82) is 0 Å². The molecule has 3 heteroatoms. The number of para-hydroxylation sites is 1. The molecule has 1 aromatic heterocycles. The number of anilines is 1. The van der Waals surface area contributed by atoms with E-state index < -0.39 is 0 Å². The maximum absolute atomic E-state index is 4.35. The minimum atomic E-state index is 0.0614. The van der Waals surface area contributed by atoms with E-state index in [0.717, 1.165) is 29.6 Å². The van der Waals surface area contributed by atoms with Gasteiger partial charge in [0, 0.05) is 10.9 Å². The highest BCUT2D eigenvalue weighted by atomic mass is 15.1. The van der Waals surface area contributed by atoms with E-state index in [-0.39, 0.29) is 5.54 Å². The first kappa shape index (κ1) is 11.8. The summed E-state index contributed by atoms with van der Waals surface area (Å²) in [6.45, 7) is 6.60. The summed E-state index contributed by atoms with van der Waals surface area (Å²) in [5.41, 5.74) is 1.04. The predicted molar refractivity (Wildman–Crippen MR) is 72.1 cm³/mol. The Morgan fingerprint density at radius 1 is 1.18 bits per heavy atom. The van der Waals surface area contributed by atoms with Crippen molar-refractivity contribution < 1.29 is 0 Å². The van der Waals surface area contributed by atoms with E-state index in [2.05, 4.69) is 42.1 Å². The van der Waals surface area contributed by atoms with Crippen LogP contribution in [-0.2, 0) is 0 Å². The van der Waals surface area contributed by atoms with Crippen molar-refractivity contribution in [2.75, 3.05) is 5.32 Å². The molecule has 0 unspecified atom stereocenters. The number of hydrogen-bond acceptors (Lipinski definition) is 3. The van der Waals surface area contributed by atoms with E-state index in [9.17, 15) is 0 Å². The molecule has 0 fully saturated rings. The van der Waals surface area contributed by atoms with Gasteiger partial charge in [0.15, 0.2) is 0 Å². The lowest BCUT2D eigenvalue weighted by Gasteiger charge is -2.26.